The second-order valence-corrected chi connectivity index (χ2v) is 3.64. The molecule has 0 fully saturated rings. The van der Waals surface area contributed by atoms with Gasteiger partial charge in [-0.05, 0) is 6.07 Å². The van der Waals surface area contributed by atoms with E-state index in [1.54, 1.807) is 0 Å². The summed E-state index contributed by atoms with van der Waals surface area (Å²) in [4.78, 5) is 0. The fourth-order valence-corrected chi connectivity index (χ4v) is 1.66. The lowest BCUT2D eigenvalue weighted by Crippen LogP contribution is -2.09. The van der Waals surface area contributed by atoms with Crippen molar-refractivity contribution in [1.82, 2.24) is 0 Å². The van der Waals surface area contributed by atoms with E-state index in [0.29, 0.717) is 12.0 Å². The Balaban J connectivity index is 2.57. The molecule has 0 unspecified atom stereocenters. The molecule has 0 saturated heterocycles. The first-order valence-electron chi connectivity index (χ1n) is 5.13. The average molecular weight is 248 g/mol. The van der Waals surface area contributed by atoms with Crippen molar-refractivity contribution < 1.29 is 27.8 Å². The van der Waals surface area contributed by atoms with Crippen molar-refractivity contribution in [3.05, 3.63) is 23.3 Å². The van der Waals surface area contributed by atoms with Crippen LogP contribution in [0.4, 0.5) is 13.2 Å². The molecule has 0 aliphatic carbocycles. The van der Waals surface area contributed by atoms with Gasteiger partial charge in [0.25, 0.3) is 0 Å². The lowest BCUT2D eigenvalue weighted by atomic mass is 10.1. The summed E-state index contributed by atoms with van der Waals surface area (Å²) < 4.78 is 48.6. The summed E-state index contributed by atoms with van der Waals surface area (Å²) in [6.07, 6.45) is -3.98. The van der Waals surface area contributed by atoms with E-state index in [-0.39, 0.29) is 31.3 Å². The number of benzene rings is 1. The van der Waals surface area contributed by atoms with Gasteiger partial charge in [0.2, 0.25) is 0 Å². The smallest absolute Gasteiger partial charge is 0.420 e. The van der Waals surface area contributed by atoms with E-state index in [0.717, 1.165) is 6.07 Å². The van der Waals surface area contributed by atoms with E-state index in [9.17, 15) is 13.2 Å². The second-order valence-electron chi connectivity index (χ2n) is 3.64. The van der Waals surface area contributed by atoms with Gasteiger partial charge in [-0.15, -0.1) is 0 Å². The van der Waals surface area contributed by atoms with Gasteiger partial charge in [-0.3, -0.25) is 0 Å². The van der Waals surface area contributed by atoms with E-state index < -0.39 is 11.7 Å². The van der Waals surface area contributed by atoms with Gasteiger partial charge in [0.15, 0.2) is 11.5 Å². The van der Waals surface area contributed by atoms with E-state index in [1.807, 2.05) is 0 Å². The minimum absolute atomic E-state index is 0.000162. The van der Waals surface area contributed by atoms with Crippen LogP contribution in [-0.4, -0.2) is 18.3 Å². The van der Waals surface area contributed by atoms with Crippen LogP contribution in [0.5, 0.6) is 11.5 Å². The van der Waals surface area contributed by atoms with E-state index in [2.05, 4.69) is 0 Å². The van der Waals surface area contributed by atoms with Gasteiger partial charge in [-0.25, -0.2) is 0 Å². The Bertz CT molecular complexity index is 415. The van der Waals surface area contributed by atoms with Crippen LogP contribution in [-0.2, 0) is 12.8 Å². The number of hydrogen-bond acceptors (Lipinski definition) is 3. The minimum atomic E-state index is -4.49. The summed E-state index contributed by atoms with van der Waals surface area (Å²) in [5.41, 5.74) is -0.568. The van der Waals surface area contributed by atoms with E-state index >= 15 is 0 Å². The number of hydrogen-bond donors (Lipinski definition) is 1. The molecular weight excluding hydrogens is 237 g/mol. The number of aliphatic hydroxyl groups is 1. The second kappa shape index (κ2) is 4.44. The molecular formula is C11H11F3O3. The molecule has 1 heterocycles. The molecule has 1 N–H and O–H groups in total. The van der Waals surface area contributed by atoms with Crippen molar-refractivity contribution in [2.45, 2.75) is 19.2 Å². The number of alkyl halides is 3. The highest BCUT2D eigenvalue weighted by atomic mass is 19.4. The maximum absolute atomic E-state index is 12.7. The predicted molar refractivity (Wildman–Crippen MR) is 53.0 cm³/mol. The minimum Gasteiger partial charge on any atom is -0.489 e. The summed E-state index contributed by atoms with van der Waals surface area (Å²) in [7, 11) is 0. The zero-order valence-electron chi connectivity index (χ0n) is 8.88. The molecule has 17 heavy (non-hydrogen) atoms. The van der Waals surface area contributed by atoms with Gasteiger partial charge in [0.05, 0.1) is 19.8 Å². The van der Waals surface area contributed by atoms with Gasteiger partial charge >= 0.3 is 6.18 Å². The molecule has 1 aliphatic rings. The van der Waals surface area contributed by atoms with Crippen molar-refractivity contribution >= 4 is 0 Å². The lowest BCUT2D eigenvalue weighted by molar-refractivity contribution is -0.139. The Morgan fingerprint density at radius 3 is 2.35 bits per heavy atom. The Hall–Kier alpha value is -1.43. The summed E-state index contributed by atoms with van der Waals surface area (Å²) in [6.45, 7) is 0.0656. The normalized spacial score (nSPS) is 15.5. The van der Waals surface area contributed by atoms with Gasteiger partial charge in [-0.1, -0.05) is 6.07 Å². The fourth-order valence-electron chi connectivity index (χ4n) is 1.66. The third-order valence-electron chi connectivity index (χ3n) is 2.45. The van der Waals surface area contributed by atoms with E-state index in [1.165, 1.54) is 6.07 Å². The summed E-state index contributed by atoms with van der Waals surface area (Å²) in [5, 5.41) is 9.06. The predicted octanol–water partition coefficient (Wildman–Crippen LogP) is 2.36. The monoisotopic (exact) mass is 248 g/mol. The molecule has 0 radical (unpaired) electrons. The first kappa shape index (κ1) is 12.0. The zero-order chi connectivity index (χ0) is 12.5. The van der Waals surface area contributed by atoms with Crippen LogP contribution in [0.2, 0.25) is 0 Å². The maximum atomic E-state index is 12.7. The van der Waals surface area contributed by atoms with Crippen LogP contribution in [0, 0.1) is 0 Å². The van der Waals surface area contributed by atoms with Crippen molar-refractivity contribution in [2.24, 2.45) is 0 Å². The van der Waals surface area contributed by atoms with Crippen LogP contribution in [0.3, 0.4) is 0 Å². The molecule has 1 aliphatic heterocycles. The molecule has 0 saturated carbocycles. The van der Waals surface area contributed by atoms with Gasteiger partial charge < -0.3 is 14.6 Å². The van der Waals surface area contributed by atoms with Crippen molar-refractivity contribution in [3.63, 3.8) is 0 Å². The molecule has 0 bridgehead atoms. The summed E-state index contributed by atoms with van der Waals surface area (Å²) in [6, 6.07) is 2.11. The molecule has 6 heteroatoms. The fraction of sp³-hybridized carbons (Fsp3) is 0.455. The number of halogens is 3. The Morgan fingerprint density at radius 1 is 1.12 bits per heavy atom. The van der Waals surface area contributed by atoms with Crippen molar-refractivity contribution in [1.29, 1.82) is 0 Å². The quantitative estimate of drug-likeness (QED) is 0.829. The molecule has 3 nitrogen and oxygen atoms in total. The summed E-state index contributed by atoms with van der Waals surface area (Å²) >= 11 is 0. The zero-order valence-corrected chi connectivity index (χ0v) is 8.88. The standard InChI is InChI=1S/C11H11F3O3/c12-11(13,14)8-3-2-7(6-15)9-10(8)17-5-1-4-16-9/h2-3,15H,1,4-6H2. The highest BCUT2D eigenvalue weighted by Crippen LogP contribution is 2.44. The summed E-state index contributed by atoms with van der Waals surface area (Å²) in [5.74, 6) is -0.318. The molecule has 2 rings (SSSR count). The maximum Gasteiger partial charge on any atom is 0.420 e. The van der Waals surface area contributed by atoms with Crippen LogP contribution in [0.1, 0.15) is 17.5 Å². The highest BCUT2D eigenvalue weighted by Gasteiger charge is 2.37. The molecule has 0 aromatic heterocycles. The molecule has 0 atom stereocenters. The third kappa shape index (κ3) is 2.31. The van der Waals surface area contributed by atoms with Crippen LogP contribution in [0.25, 0.3) is 0 Å². The van der Waals surface area contributed by atoms with Crippen LogP contribution in [0.15, 0.2) is 12.1 Å². The number of rotatable bonds is 1. The topological polar surface area (TPSA) is 38.7 Å². The Kier molecular flexibility index (Phi) is 3.15. The largest absolute Gasteiger partial charge is 0.489 e. The third-order valence-corrected chi connectivity index (χ3v) is 2.45. The van der Waals surface area contributed by atoms with Gasteiger partial charge in [0, 0.05) is 12.0 Å². The van der Waals surface area contributed by atoms with Crippen molar-refractivity contribution in [2.75, 3.05) is 13.2 Å². The molecule has 1 aromatic rings. The van der Waals surface area contributed by atoms with Crippen LogP contribution >= 0.6 is 0 Å². The SMILES string of the molecule is OCc1ccc(C(F)(F)F)c2c1OCCCO2. The first-order chi connectivity index (χ1) is 8.04. The number of aliphatic hydroxyl groups excluding tert-OH is 1. The molecule has 94 valence electrons. The molecule has 0 amide bonds. The Labute approximate surface area is 95.8 Å². The average Bonchev–Trinajstić information content (AvgIpc) is 2.51. The lowest BCUT2D eigenvalue weighted by Gasteiger charge is -2.16. The van der Waals surface area contributed by atoms with Gasteiger partial charge in [-0.2, -0.15) is 13.2 Å². The first-order valence-corrected chi connectivity index (χ1v) is 5.13. The van der Waals surface area contributed by atoms with Crippen molar-refractivity contribution in [3.8, 4) is 11.5 Å². The van der Waals surface area contributed by atoms with Gasteiger partial charge in [0.1, 0.15) is 5.56 Å². The number of ether oxygens (including phenoxy) is 2. The number of fused-ring (bicyclic) bond motifs is 1. The van der Waals surface area contributed by atoms with Crippen LogP contribution < -0.4 is 9.47 Å². The molecule has 1 aromatic carbocycles. The highest BCUT2D eigenvalue weighted by molar-refractivity contribution is 5.53. The van der Waals surface area contributed by atoms with E-state index in [4.69, 9.17) is 14.6 Å². The Morgan fingerprint density at radius 2 is 1.76 bits per heavy atom. The molecule has 0 spiro atoms.